The molecule has 0 fully saturated rings. The van der Waals surface area contributed by atoms with Gasteiger partial charge in [-0.3, -0.25) is 0 Å². The van der Waals surface area contributed by atoms with Crippen molar-refractivity contribution in [2.75, 3.05) is 7.05 Å². The Hall–Kier alpha value is -7.23. The van der Waals surface area contributed by atoms with Crippen molar-refractivity contribution in [2.24, 2.45) is 9.98 Å². The third-order valence-electron chi connectivity index (χ3n) is 15.5. The van der Waals surface area contributed by atoms with Gasteiger partial charge in [0.05, 0.1) is 33.7 Å². The molecule has 0 saturated carbocycles. The molecule has 5 aliphatic rings. The largest absolute Gasteiger partial charge is 0.333 e. The van der Waals surface area contributed by atoms with Gasteiger partial charge in [0.15, 0.2) is 12.0 Å². The van der Waals surface area contributed by atoms with Gasteiger partial charge in [0.1, 0.15) is 11.9 Å². The Kier molecular flexibility index (Phi) is 9.10. The topological polar surface area (TPSA) is 61.6 Å². The van der Waals surface area contributed by atoms with E-state index in [-0.39, 0.29) is 23.4 Å². The van der Waals surface area contributed by atoms with E-state index in [1.54, 1.807) is 0 Å². The first kappa shape index (κ1) is 40.3. The van der Waals surface area contributed by atoms with E-state index in [0.29, 0.717) is 11.4 Å². The van der Waals surface area contributed by atoms with Crippen molar-refractivity contribution in [3.63, 3.8) is 0 Å². The van der Waals surface area contributed by atoms with Gasteiger partial charge in [-0.2, -0.15) is 5.26 Å². The summed E-state index contributed by atoms with van der Waals surface area (Å²) in [5.74, 6) is 2.00. The molecule has 0 amide bonds. The van der Waals surface area contributed by atoms with Crippen molar-refractivity contribution in [1.29, 1.82) is 5.26 Å². The summed E-state index contributed by atoms with van der Waals surface area (Å²) >= 11 is 0. The van der Waals surface area contributed by atoms with Gasteiger partial charge in [-0.15, -0.1) is 0 Å². The van der Waals surface area contributed by atoms with Gasteiger partial charge in [-0.25, -0.2) is 9.98 Å². The fraction of sp³-hybridized carbons (Fsp3) is 0.250. The molecule has 4 aliphatic carbocycles. The van der Waals surface area contributed by atoms with Crippen LogP contribution >= 0.6 is 0 Å². The highest BCUT2D eigenvalue weighted by atomic mass is 15.3. The standard InChI is InChI=1S/C60H54N6/c1-35-18-13-25-41-42-26-14-19-36(2)54(42)65(53(35)41)50-33-51(66-55-37(3)20-15-27-43(55)44-28-16-21-38(4)56(44)66)47(32-40(50)34-61)59-63-57(39-22-9-8-10-23-39)62-58(64(59)7)46-29-17-31-49-52(46)45-24-11-12-30-48(45)60(49,5)6/h8-13,15-20,22-23,25,27-33,38,45,58H,14,21,24,26H2,1-7H3. The van der Waals surface area contributed by atoms with Crippen LogP contribution < -0.4 is 0 Å². The minimum absolute atomic E-state index is 0.104. The van der Waals surface area contributed by atoms with E-state index in [1.807, 2.05) is 6.07 Å². The van der Waals surface area contributed by atoms with Gasteiger partial charge in [-0.1, -0.05) is 148 Å². The van der Waals surface area contributed by atoms with Crippen LogP contribution in [0.4, 0.5) is 0 Å². The molecule has 6 nitrogen and oxygen atoms in total. The molecule has 6 heteroatoms. The number of para-hydroxylation sites is 2. The van der Waals surface area contributed by atoms with E-state index in [9.17, 15) is 5.26 Å². The first-order valence-electron chi connectivity index (χ1n) is 23.7. The molecular formula is C60H54N6. The van der Waals surface area contributed by atoms with Crippen LogP contribution in [0.25, 0.3) is 44.8 Å². The fourth-order valence-electron chi connectivity index (χ4n) is 12.4. The Morgan fingerprint density at radius 1 is 0.803 bits per heavy atom. The lowest BCUT2D eigenvalue weighted by Gasteiger charge is -2.35. The van der Waals surface area contributed by atoms with E-state index >= 15 is 0 Å². The van der Waals surface area contributed by atoms with Gasteiger partial charge >= 0.3 is 0 Å². The van der Waals surface area contributed by atoms with Gasteiger partial charge in [0.25, 0.3) is 0 Å². The maximum Gasteiger partial charge on any atom is 0.159 e. The Bertz CT molecular complexity index is 3480. The third kappa shape index (κ3) is 5.72. The molecule has 0 radical (unpaired) electrons. The van der Waals surface area contributed by atoms with Crippen molar-refractivity contribution in [2.45, 2.75) is 90.6 Å². The van der Waals surface area contributed by atoms with Gasteiger partial charge < -0.3 is 14.0 Å². The number of hydrogen-bond donors (Lipinski definition) is 0. The number of hydrogen-bond acceptors (Lipinski definition) is 4. The Morgan fingerprint density at radius 3 is 2.35 bits per heavy atom. The molecule has 0 spiro atoms. The summed E-state index contributed by atoms with van der Waals surface area (Å²) in [5.41, 5.74) is 20.8. The molecule has 0 saturated heterocycles. The molecule has 2 aromatic heterocycles. The molecule has 3 heterocycles. The second kappa shape index (κ2) is 14.9. The van der Waals surface area contributed by atoms with Crippen LogP contribution in [0.5, 0.6) is 0 Å². The summed E-state index contributed by atoms with van der Waals surface area (Å²) in [6.45, 7) is 13.8. The van der Waals surface area contributed by atoms with Gasteiger partial charge in [0, 0.05) is 63.0 Å². The van der Waals surface area contributed by atoms with E-state index in [0.717, 1.165) is 59.5 Å². The molecule has 5 aromatic carbocycles. The van der Waals surface area contributed by atoms with Crippen molar-refractivity contribution in [3.05, 3.63) is 200 Å². The first-order chi connectivity index (χ1) is 32.1. The lowest BCUT2D eigenvalue weighted by Crippen LogP contribution is -2.37. The van der Waals surface area contributed by atoms with Crippen LogP contribution in [-0.4, -0.2) is 32.8 Å². The maximum absolute atomic E-state index is 11.5. The number of allylic oxidation sites excluding steroid dienone is 7. The highest BCUT2D eigenvalue weighted by Gasteiger charge is 2.45. The van der Waals surface area contributed by atoms with Crippen LogP contribution in [0.2, 0.25) is 0 Å². The van der Waals surface area contributed by atoms with Crippen LogP contribution in [0.15, 0.2) is 143 Å². The summed E-state index contributed by atoms with van der Waals surface area (Å²) in [5, 5.41) is 14.0. The SMILES string of the molecule is CC1=CCCc2c1n(-c1cc(-n3c4c(c5cccc(C)c53)C=CCC4C)c(C3=NC(c4ccccc4)=NC(c4cccc5c4C4CC=CC=C4C5(C)C)N3C)cc1C#N)c1c(C)cccc21. The van der Waals surface area contributed by atoms with E-state index in [4.69, 9.17) is 9.98 Å². The van der Waals surface area contributed by atoms with Crippen LogP contribution in [0.3, 0.4) is 0 Å². The van der Waals surface area contributed by atoms with Crippen molar-refractivity contribution in [3.8, 4) is 17.4 Å². The van der Waals surface area contributed by atoms with Gasteiger partial charge in [-0.05, 0) is 92.0 Å². The minimum Gasteiger partial charge on any atom is -0.333 e. The smallest absolute Gasteiger partial charge is 0.159 e. The second-order valence-electron chi connectivity index (χ2n) is 19.7. The quantitative estimate of drug-likeness (QED) is 0.173. The molecule has 3 atom stereocenters. The predicted octanol–water partition coefficient (Wildman–Crippen LogP) is 14.0. The normalized spacial score (nSPS) is 20.3. The Labute approximate surface area is 388 Å². The number of fused-ring (bicyclic) bond motifs is 9. The first-order valence-corrected chi connectivity index (χ1v) is 23.7. The van der Waals surface area contributed by atoms with E-state index in [1.165, 1.54) is 77.8 Å². The molecule has 1 aliphatic heterocycles. The highest BCUT2D eigenvalue weighted by molar-refractivity contribution is 6.15. The summed E-state index contributed by atoms with van der Waals surface area (Å²) in [4.78, 5) is 13.5. The summed E-state index contributed by atoms with van der Waals surface area (Å²) in [6.07, 6.45) is 17.4. The Morgan fingerprint density at radius 2 is 1.56 bits per heavy atom. The van der Waals surface area contributed by atoms with Crippen LogP contribution in [0, 0.1) is 25.2 Å². The zero-order valence-electron chi connectivity index (χ0n) is 38.9. The van der Waals surface area contributed by atoms with Crippen LogP contribution in [-0.2, 0) is 11.8 Å². The molecular weight excluding hydrogens is 805 g/mol. The average molecular weight is 859 g/mol. The van der Waals surface area contributed by atoms with Crippen molar-refractivity contribution >= 4 is 45.1 Å². The molecule has 66 heavy (non-hydrogen) atoms. The minimum atomic E-state index is -0.378. The number of nitrogens with zero attached hydrogens (tertiary/aromatic N) is 6. The summed E-state index contributed by atoms with van der Waals surface area (Å²) in [6, 6.07) is 37.8. The molecule has 324 valence electrons. The average Bonchev–Trinajstić information content (AvgIpc) is 3.95. The lowest BCUT2D eigenvalue weighted by molar-refractivity contribution is 0.380. The number of aryl methyl sites for hydroxylation is 3. The van der Waals surface area contributed by atoms with Crippen molar-refractivity contribution in [1.82, 2.24) is 14.0 Å². The molecule has 0 N–H and O–H groups in total. The highest BCUT2D eigenvalue weighted by Crippen LogP contribution is 2.55. The number of amidine groups is 2. The van der Waals surface area contributed by atoms with E-state index in [2.05, 4.69) is 196 Å². The summed E-state index contributed by atoms with van der Waals surface area (Å²) in [7, 11) is 2.16. The lowest BCUT2D eigenvalue weighted by atomic mass is 9.79. The van der Waals surface area contributed by atoms with Gasteiger partial charge in [0.2, 0.25) is 0 Å². The number of nitriles is 1. The van der Waals surface area contributed by atoms with Crippen LogP contribution in [0.1, 0.15) is 132 Å². The maximum atomic E-state index is 11.5. The third-order valence-corrected chi connectivity index (χ3v) is 15.5. The molecule has 0 bridgehead atoms. The monoisotopic (exact) mass is 858 g/mol. The number of aromatic nitrogens is 2. The zero-order valence-corrected chi connectivity index (χ0v) is 38.9. The number of aliphatic imine (C=N–C) groups is 2. The summed E-state index contributed by atoms with van der Waals surface area (Å²) < 4.78 is 4.95. The molecule has 3 unspecified atom stereocenters. The zero-order chi connectivity index (χ0) is 45.2. The fourth-order valence-corrected chi connectivity index (χ4v) is 12.4. The molecule has 7 aromatic rings. The van der Waals surface area contributed by atoms with E-state index < -0.39 is 0 Å². The van der Waals surface area contributed by atoms with Crippen molar-refractivity contribution < 1.29 is 0 Å². The molecule has 12 rings (SSSR count). The predicted molar refractivity (Wildman–Crippen MR) is 272 cm³/mol. The second-order valence-corrected chi connectivity index (χ2v) is 19.7. The number of rotatable bonds is 5. The number of benzene rings is 5. The Balaban J connectivity index is 1.18.